The van der Waals surface area contributed by atoms with Crippen molar-refractivity contribution in [2.75, 3.05) is 49.5 Å². The molecule has 254 valence electrons. The molecule has 9 nitrogen and oxygen atoms in total. The van der Waals surface area contributed by atoms with Crippen LogP contribution >= 0.6 is 0 Å². The van der Waals surface area contributed by atoms with E-state index in [-0.39, 0.29) is 18.2 Å². The topological polar surface area (TPSA) is 83.1 Å². The van der Waals surface area contributed by atoms with Crippen LogP contribution in [0.25, 0.3) is 0 Å². The van der Waals surface area contributed by atoms with E-state index in [4.69, 9.17) is 9.47 Å². The number of ether oxygens (including phenoxy) is 2. The van der Waals surface area contributed by atoms with Crippen LogP contribution in [0.5, 0.6) is 11.5 Å². The van der Waals surface area contributed by atoms with Crippen molar-refractivity contribution in [2.24, 2.45) is 0 Å². The highest BCUT2D eigenvalue weighted by Gasteiger charge is 2.23. The van der Waals surface area contributed by atoms with Crippen molar-refractivity contribution in [1.29, 1.82) is 0 Å². The number of hydrogen-bond acceptors (Lipinski definition) is 8. The Bertz CT molecular complexity index is 1690. The SMILES string of the molecule is Cc1cc(C)cc(CN(C(=O)Oc2c(C)cc(C)cc2C)c2ccnc(Nc3ccc(OCCN4CCN(C(C)C)CC4)c(F)c3)n2)c1. The van der Waals surface area contributed by atoms with E-state index in [1.807, 2.05) is 58.9 Å². The smallest absolute Gasteiger partial charge is 0.421 e. The molecule has 48 heavy (non-hydrogen) atoms. The van der Waals surface area contributed by atoms with Gasteiger partial charge in [0.2, 0.25) is 5.95 Å². The lowest BCUT2D eigenvalue weighted by molar-refractivity contribution is 0.0965. The largest absolute Gasteiger partial charge is 0.489 e. The lowest BCUT2D eigenvalue weighted by Crippen LogP contribution is -2.49. The molecule has 10 heteroatoms. The van der Waals surface area contributed by atoms with Gasteiger partial charge in [-0.2, -0.15) is 4.98 Å². The Kier molecular flexibility index (Phi) is 11.3. The summed E-state index contributed by atoms with van der Waals surface area (Å²) in [7, 11) is 0. The highest BCUT2D eigenvalue weighted by atomic mass is 19.1. The van der Waals surface area contributed by atoms with Crippen molar-refractivity contribution in [3.63, 3.8) is 0 Å². The summed E-state index contributed by atoms with van der Waals surface area (Å²) in [6, 6.07) is 17.0. The van der Waals surface area contributed by atoms with Gasteiger partial charge in [-0.25, -0.2) is 14.2 Å². The number of anilines is 3. The van der Waals surface area contributed by atoms with Crippen LogP contribution in [0.2, 0.25) is 0 Å². The fourth-order valence-corrected chi connectivity index (χ4v) is 6.22. The Labute approximate surface area is 283 Å². The third kappa shape index (κ3) is 9.08. The summed E-state index contributed by atoms with van der Waals surface area (Å²) in [5, 5.41) is 3.07. The summed E-state index contributed by atoms with van der Waals surface area (Å²) in [6.45, 7) is 19.8. The first-order valence-electron chi connectivity index (χ1n) is 16.6. The molecule has 1 aliphatic rings. The van der Waals surface area contributed by atoms with Gasteiger partial charge < -0.3 is 14.8 Å². The van der Waals surface area contributed by atoms with E-state index in [1.54, 1.807) is 24.4 Å². The van der Waals surface area contributed by atoms with Gasteiger partial charge in [0.25, 0.3) is 0 Å². The first-order chi connectivity index (χ1) is 22.9. The molecule has 2 heterocycles. The number of amides is 1. The van der Waals surface area contributed by atoms with Crippen molar-refractivity contribution in [3.05, 3.63) is 100.0 Å². The molecule has 4 aromatic rings. The number of rotatable bonds is 11. The lowest BCUT2D eigenvalue weighted by Gasteiger charge is -2.36. The molecule has 1 amide bonds. The van der Waals surface area contributed by atoms with E-state index in [2.05, 4.69) is 45.0 Å². The Morgan fingerprint density at radius 1 is 0.917 bits per heavy atom. The van der Waals surface area contributed by atoms with E-state index in [0.717, 1.165) is 66.1 Å². The number of carbonyl (C=O) groups excluding carboxylic acids is 1. The molecule has 1 saturated heterocycles. The maximum absolute atomic E-state index is 15.1. The second-order valence-electron chi connectivity index (χ2n) is 13.0. The Morgan fingerprint density at radius 2 is 1.58 bits per heavy atom. The van der Waals surface area contributed by atoms with Gasteiger partial charge in [0.15, 0.2) is 11.6 Å². The zero-order chi connectivity index (χ0) is 34.4. The summed E-state index contributed by atoms with van der Waals surface area (Å²) in [6.07, 6.45) is 0.993. The van der Waals surface area contributed by atoms with Crippen LogP contribution in [0.3, 0.4) is 0 Å². The predicted octanol–water partition coefficient (Wildman–Crippen LogP) is 7.51. The molecule has 0 unspecified atom stereocenters. The maximum Gasteiger partial charge on any atom is 0.421 e. The predicted molar refractivity (Wildman–Crippen MR) is 189 cm³/mol. The second kappa shape index (κ2) is 15.6. The molecule has 1 aromatic heterocycles. The number of aromatic nitrogens is 2. The van der Waals surface area contributed by atoms with Crippen LogP contribution < -0.4 is 19.7 Å². The standard InChI is InChI=1S/C38H47FN6O3/c1-25(2)44-14-12-43(13-15-44)16-17-47-34-9-8-32(23-33(34)39)41-37-40-11-10-35(42-37)45(24-31-21-26(3)18-27(4)22-31)38(46)48-36-29(6)19-28(5)20-30(36)7/h8-11,18-23,25H,12-17,24H2,1-7H3,(H,40,41,42). The number of carbonyl (C=O) groups is 1. The van der Waals surface area contributed by atoms with Crippen LogP contribution in [-0.4, -0.2) is 71.2 Å². The quantitative estimate of drug-likeness (QED) is 0.178. The minimum absolute atomic E-state index is 0.195. The molecule has 0 saturated carbocycles. The third-order valence-corrected chi connectivity index (χ3v) is 8.54. The fraction of sp³-hybridized carbons (Fsp3) is 0.395. The van der Waals surface area contributed by atoms with Gasteiger partial charge in [-0.15, -0.1) is 0 Å². The van der Waals surface area contributed by atoms with Crippen molar-refractivity contribution in [3.8, 4) is 11.5 Å². The molecule has 3 aromatic carbocycles. The fourth-order valence-electron chi connectivity index (χ4n) is 6.22. The van der Waals surface area contributed by atoms with E-state index in [0.29, 0.717) is 29.9 Å². The first-order valence-corrected chi connectivity index (χ1v) is 16.6. The number of benzene rings is 3. The number of halogens is 1. The molecule has 0 aliphatic carbocycles. The van der Waals surface area contributed by atoms with Gasteiger partial charge in [0.05, 0.1) is 6.54 Å². The van der Waals surface area contributed by atoms with Crippen LogP contribution in [0.4, 0.5) is 26.6 Å². The minimum Gasteiger partial charge on any atom is -0.489 e. The highest BCUT2D eigenvalue weighted by molar-refractivity contribution is 5.88. The van der Waals surface area contributed by atoms with Crippen LogP contribution in [0, 0.1) is 40.4 Å². The summed E-state index contributed by atoms with van der Waals surface area (Å²) in [4.78, 5) is 29.1. The van der Waals surface area contributed by atoms with Crippen molar-refractivity contribution < 1.29 is 18.7 Å². The molecule has 0 bridgehead atoms. The minimum atomic E-state index is -0.566. The van der Waals surface area contributed by atoms with Crippen molar-refractivity contribution in [1.82, 2.24) is 19.8 Å². The van der Waals surface area contributed by atoms with Gasteiger partial charge in [0, 0.05) is 56.7 Å². The van der Waals surface area contributed by atoms with Gasteiger partial charge in [-0.05, 0) is 83.4 Å². The zero-order valence-electron chi connectivity index (χ0n) is 29.1. The molecule has 5 rings (SSSR count). The molecule has 0 atom stereocenters. The monoisotopic (exact) mass is 654 g/mol. The Hall–Kier alpha value is -4.54. The average Bonchev–Trinajstić information content (AvgIpc) is 3.02. The van der Waals surface area contributed by atoms with Gasteiger partial charge in [-0.1, -0.05) is 47.0 Å². The second-order valence-corrected chi connectivity index (χ2v) is 13.0. The van der Waals surface area contributed by atoms with Crippen LogP contribution in [-0.2, 0) is 6.54 Å². The Morgan fingerprint density at radius 3 is 2.23 bits per heavy atom. The molecule has 0 spiro atoms. The highest BCUT2D eigenvalue weighted by Crippen LogP contribution is 2.28. The average molecular weight is 655 g/mol. The Balaban J connectivity index is 1.29. The van der Waals surface area contributed by atoms with Crippen LogP contribution in [0.1, 0.15) is 47.2 Å². The van der Waals surface area contributed by atoms with E-state index < -0.39 is 11.9 Å². The molecule has 0 radical (unpaired) electrons. The third-order valence-electron chi connectivity index (χ3n) is 8.54. The first kappa shape index (κ1) is 34.8. The summed E-state index contributed by atoms with van der Waals surface area (Å²) < 4.78 is 26.9. The van der Waals surface area contributed by atoms with E-state index in [1.165, 1.54) is 11.0 Å². The van der Waals surface area contributed by atoms with Gasteiger partial charge >= 0.3 is 6.09 Å². The number of hydrogen-bond donors (Lipinski definition) is 1. The summed E-state index contributed by atoms with van der Waals surface area (Å²) in [5.74, 6) is 0.787. The van der Waals surface area contributed by atoms with E-state index in [9.17, 15) is 4.79 Å². The summed E-state index contributed by atoms with van der Waals surface area (Å²) >= 11 is 0. The summed E-state index contributed by atoms with van der Waals surface area (Å²) in [5.41, 5.74) is 6.41. The normalized spacial score (nSPS) is 13.9. The van der Waals surface area contributed by atoms with E-state index >= 15 is 4.39 Å². The maximum atomic E-state index is 15.1. The van der Waals surface area contributed by atoms with Crippen LogP contribution in [0.15, 0.2) is 60.8 Å². The molecular weight excluding hydrogens is 607 g/mol. The zero-order valence-corrected chi connectivity index (χ0v) is 29.1. The molecular formula is C38H47FN6O3. The number of nitrogens with one attached hydrogen (secondary N) is 1. The van der Waals surface area contributed by atoms with Gasteiger partial charge in [0.1, 0.15) is 18.2 Å². The molecule has 1 N–H and O–H groups in total. The lowest BCUT2D eigenvalue weighted by atomic mass is 10.1. The number of nitrogens with zero attached hydrogens (tertiary/aromatic N) is 5. The van der Waals surface area contributed by atoms with Crippen molar-refractivity contribution >= 4 is 23.5 Å². The molecule has 1 aliphatic heterocycles. The van der Waals surface area contributed by atoms with Gasteiger partial charge in [-0.3, -0.25) is 14.7 Å². The molecule has 1 fully saturated rings. The number of piperazine rings is 1. The van der Waals surface area contributed by atoms with Crippen molar-refractivity contribution in [2.45, 2.75) is 61.1 Å². The number of aryl methyl sites for hydroxylation is 5.